The molecule has 0 unspecified atom stereocenters. The van der Waals surface area contributed by atoms with Crippen LogP contribution < -0.4 is 4.74 Å². The number of ether oxygens (including phenoxy) is 1. The number of halogens is 1. The van der Waals surface area contributed by atoms with Crippen molar-refractivity contribution in [3.63, 3.8) is 0 Å². The van der Waals surface area contributed by atoms with E-state index in [9.17, 15) is 0 Å². The maximum Gasteiger partial charge on any atom is 0.118 e. The average Bonchev–Trinajstić information content (AvgIpc) is 2.81. The fraction of sp³-hybridized carbons (Fsp3) is 0.267. The van der Waals surface area contributed by atoms with E-state index in [1.807, 2.05) is 18.3 Å². The van der Waals surface area contributed by atoms with Gasteiger partial charge >= 0.3 is 0 Å². The van der Waals surface area contributed by atoms with Crippen LogP contribution in [0.15, 0.2) is 41.0 Å². The highest BCUT2D eigenvalue weighted by Crippen LogP contribution is 2.25. The maximum atomic E-state index is 5.17. The Labute approximate surface area is 121 Å². The van der Waals surface area contributed by atoms with Crippen LogP contribution in [0.1, 0.15) is 16.8 Å². The maximum absolute atomic E-state index is 5.17. The summed E-state index contributed by atoms with van der Waals surface area (Å²) in [4.78, 5) is 6.86. The van der Waals surface area contributed by atoms with Crippen LogP contribution in [0.2, 0.25) is 0 Å². The smallest absolute Gasteiger partial charge is 0.118 e. The van der Waals surface area contributed by atoms with Gasteiger partial charge in [0, 0.05) is 30.3 Å². The third kappa shape index (κ3) is 2.80. The first-order valence-corrected chi connectivity index (χ1v) is 7.02. The van der Waals surface area contributed by atoms with Gasteiger partial charge in [0.1, 0.15) is 5.75 Å². The molecule has 0 amide bonds. The number of rotatable bonds is 3. The van der Waals surface area contributed by atoms with Crippen LogP contribution in [0.3, 0.4) is 0 Å². The molecule has 1 aliphatic rings. The molecular formula is C15H15BrN2O. The quantitative estimate of drug-likeness (QED) is 0.867. The standard InChI is InChI=1S/C15H15BrN2O/c1-19-14-4-2-11(3-5-14)8-18-9-12-6-13(16)7-17-15(12)10-18/h2-7H,8-10H2,1H3. The van der Waals surface area contributed by atoms with Crippen molar-refractivity contribution in [1.82, 2.24) is 9.88 Å². The van der Waals surface area contributed by atoms with E-state index in [1.54, 1.807) is 7.11 Å². The molecule has 0 aliphatic carbocycles. The van der Waals surface area contributed by atoms with E-state index in [1.165, 1.54) is 16.8 Å². The van der Waals surface area contributed by atoms with E-state index in [2.05, 4.69) is 44.0 Å². The summed E-state index contributed by atoms with van der Waals surface area (Å²) >= 11 is 3.47. The molecule has 0 N–H and O–H groups in total. The summed E-state index contributed by atoms with van der Waals surface area (Å²) in [5.41, 5.74) is 3.81. The van der Waals surface area contributed by atoms with Gasteiger partial charge in [0.05, 0.1) is 12.8 Å². The fourth-order valence-electron chi connectivity index (χ4n) is 2.40. The number of benzene rings is 1. The molecule has 0 bridgehead atoms. The third-order valence-corrected chi connectivity index (χ3v) is 3.79. The van der Waals surface area contributed by atoms with E-state index in [0.717, 1.165) is 29.9 Å². The van der Waals surface area contributed by atoms with Gasteiger partial charge in [-0.15, -0.1) is 0 Å². The number of pyridine rings is 1. The second kappa shape index (κ2) is 5.31. The fourth-order valence-corrected chi connectivity index (χ4v) is 2.78. The first-order chi connectivity index (χ1) is 9.24. The lowest BCUT2D eigenvalue weighted by molar-refractivity contribution is 0.274. The summed E-state index contributed by atoms with van der Waals surface area (Å²) < 4.78 is 6.23. The van der Waals surface area contributed by atoms with Crippen molar-refractivity contribution in [1.29, 1.82) is 0 Å². The van der Waals surface area contributed by atoms with Crippen LogP contribution in [0.5, 0.6) is 5.75 Å². The highest BCUT2D eigenvalue weighted by atomic mass is 79.9. The van der Waals surface area contributed by atoms with Crippen LogP contribution in [-0.4, -0.2) is 17.0 Å². The van der Waals surface area contributed by atoms with Crippen LogP contribution in [-0.2, 0) is 19.6 Å². The summed E-state index contributed by atoms with van der Waals surface area (Å²) in [6.45, 7) is 2.83. The van der Waals surface area contributed by atoms with Crippen molar-refractivity contribution in [2.75, 3.05) is 7.11 Å². The number of fused-ring (bicyclic) bond motifs is 1. The normalized spacial score (nSPS) is 14.4. The minimum absolute atomic E-state index is 0.902. The number of hydrogen-bond donors (Lipinski definition) is 0. The summed E-state index contributed by atoms with van der Waals surface area (Å²) in [5.74, 6) is 0.902. The molecule has 4 heteroatoms. The molecule has 19 heavy (non-hydrogen) atoms. The van der Waals surface area contributed by atoms with E-state index >= 15 is 0 Å². The second-order valence-electron chi connectivity index (χ2n) is 4.75. The van der Waals surface area contributed by atoms with E-state index in [-0.39, 0.29) is 0 Å². The monoisotopic (exact) mass is 318 g/mol. The highest BCUT2D eigenvalue weighted by Gasteiger charge is 2.20. The topological polar surface area (TPSA) is 25.4 Å². The molecule has 0 fully saturated rings. The Balaban J connectivity index is 1.69. The Morgan fingerprint density at radius 1 is 1.26 bits per heavy atom. The highest BCUT2D eigenvalue weighted by molar-refractivity contribution is 9.10. The summed E-state index contributed by atoms with van der Waals surface area (Å²) in [6, 6.07) is 10.4. The molecule has 0 saturated carbocycles. The average molecular weight is 319 g/mol. The van der Waals surface area contributed by atoms with Crippen LogP contribution >= 0.6 is 15.9 Å². The van der Waals surface area contributed by atoms with E-state index < -0.39 is 0 Å². The minimum atomic E-state index is 0.902. The van der Waals surface area contributed by atoms with Crippen LogP contribution in [0.4, 0.5) is 0 Å². The van der Waals surface area contributed by atoms with Gasteiger partial charge in [-0.25, -0.2) is 0 Å². The Morgan fingerprint density at radius 3 is 2.79 bits per heavy atom. The molecular weight excluding hydrogens is 304 g/mol. The molecule has 0 saturated heterocycles. The van der Waals surface area contributed by atoms with Crippen LogP contribution in [0, 0.1) is 0 Å². The zero-order chi connectivity index (χ0) is 13.2. The Kier molecular flexibility index (Phi) is 3.53. The van der Waals surface area contributed by atoms with E-state index in [4.69, 9.17) is 4.74 Å². The van der Waals surface area contributed by atoms with Gasteiger partial charge in [0.25, 0.3) is 0 Å². The van der Waals surface area contributed by atoms with Crippen molar-refractivity contribution in [3.8, 4) is 5.75 Å². The van der Waals surface area contributed by atoms with Crippen LogP contribution in [0.25, 0.3) is 0 Å². The number of nitrogens with zero attached hydrogens (tertiary/aromatic N) is 2. The molecule has 2 aromatic rings. The molecule has 2 heterocycles. The Morgan fingerprint density at radius 2 is 2.05 bits per heavy atom. The Bertz CT molecular complexity index is 583. The molecule has 0 atom stereocenters. The summed E-state index contributed by atoms with van der Waals surface area (Å²) in [7, 11) is 1.69. The SMILES string of the molecule is COc1ccc(CN2Cc3cc(Br)cnc3C2)cc1. The van der Waals surface area contributed by atoms with Crippen molar-refractivity contribution in [2.45, 2.75) is 19.6 Å². The summed E-state index contributed by atoms with van der Waals surface area (Å²) in [6.07, 6.45) is 1.87. The van der Waals surface area contributed by atoms with Gasteiger partial charge in [-0.1, -0.05) is 12.1 Å². The number of hydrogen-bond acceptors (Lipinski definition) is 3. The molecule has 3 nitrogen and oxygen atoms in total. The van der Waals surface area contributed by atoms with Crippen molar-refractivity contribution < 1.29 is 4.74 Å². The molecule has 1 aromatic carbocycles. The lowest BCUT2D eigenvalue weighted by Crippen LogP contribution is -2.15. The molecule has 1 aromatic heterocycles. The predicted octanol–water partition coefficient (Wildman–Crippen LogP) is 3.37. The Hall–Kier alpha value is -1.39. The van der Waals surface area contributed by atoms with Gasteiger partial charge in [-0.2, -0.15) is 0 Å². The summed E-state index contributed by atoms with van der Waals surface area (Å²) in [5, 5.41) is 0. The lowest BCUT2D eigenvalue weighted by atomic mass is 10.2. The van der Waals surface area contributed by atoms with Gasteiger partial charge < -0.3 is 4.74 Å². The lowest BCUT2D eigenvalue weighted by Gasteiger charge is -2.14. The molecule has 0 spiro atoms. The largest absolute Gasteiger partial charge is 0.497 e. The molecule has 98 valence electrons. The van der Waals surface area contributed by atoms with E-state index in [0.29, 0.717) is 0 Å². The zero-order valence-corrected chi connectivity index (χ0v) is 12.4. The van der Waals surface area contributed by atoms with Crippen molar-refractivity contribution >= 4 is 15.9 Å². The third-order valence-electron chi connectivity index (χ3n) is 3.36. The van der Waals surface area contributed by atoms with Gasteiger partial charge in [0.2, 0.25) is 0 Å². The number of methoxy groups -OCH3 is 1. The van der Waals surface area contributed by atoms with Gasteiger partial charge in [-0.3, -0.25) is 9.88 Å². The van der Waals surface area contributed by atoms with Gasteiger partial charge in [0.15, 0.2) is 0 Å². The number of aromatic nitrogens is 1. The second-order valence-corrected chi connectivity index (χ2v) is 5.67. The minimum Gasteiger partial charge on any atom is -0.497 e. The van der Waals surface area contributed by atoms with Gasteiger partial charge in [-0.05, 0) is 45.3 Å². The molecule has 0 radical (unpaired) electrons. The molecule has 1 aliphatic heterocycles. The van der Waals surface area contributed by atoms with Crippen molar-refractivity contribution in [3.05, 3.63) is 57.8 Å². The van der Waals surface area contributed by atoms with Crippen molar-refractivity contribution in [2.24, 2.45) is 0 Å². The first-order valence-electron chi connectivity index (χ1n) is 6.23. The predicted molar refractivity (Wildman–Crippen MR) is 77.9 cm³/mol. The molecule has 3 rings (SSSR count). The zero-order valence-electron chi connectivity index (χ0n) is 10.8. The first kappa shape index (κ1) is 12.6.